The third-order valence-corrected chi connectivity index (χ3v) is 5.98. The fraction of sp³-hybridized carbons (Fsp3) is 0.438. The highest BCUT2D eigenvalue weighted by molar-refractivity contribution is 7.68. The molecule has 0 spiro atoms. The van der Waals surface area contributed by atoms with E-state index in [0.717, 1.165) is 5.56 Å². The second kappa shape index (κ2) is 7.23. The monoisotopic (exact) mass is 325 g/mol. The molecule has 0 radical (unpaired) electrons. The third kappa shape index (κ3) is 4.29. The lowest BCUT2D eigenvalue weighted by Gasteiger charge is -2.14. The minimum atomic E-state index is -3.24. The molecule has 5 nitrogen and oxygen atoms in total. The van der Waals surface area contributed by atoms with Gasteiger partial charge in [-0.2, -0.15) is 0 Å². The van der Waals surface area contributed by atoms with Gasteiger partial charge in [-0.15, -0.1) is 0 Å². The second-order valence-electron chi connectivity index (χ2n) is 5.62. The van der Waals surface area contributed by atoms with Gasteiger partial charge in [0.25, 0.3) is 0 Å². The number of carboxylic acids is 1. The van der Waals surface area contributed by atoms with Crippen LogP contribution in [0.3, 0.4) is 0 Å². The van der Waals surface area contributed by atoms with Gasteiger partial charge >= 0.3 is 13.7 Å². The minimum Gasteiger partial charge on any atom is -0.493 e. The molecule has 1 unspecified atom stereocenters. The average Bonchev–Trinajstić information content (AvgIpc) is 2.94. The maximum Gasteiger partial charge on any atom is 0.306 e. The van der Waals surface area contributed by atoms with Gasteiger partial charge in [0.05, 0.1) is 12.5 Å². The van der Waals surface area contributed by atoms with Crippen LogP contribution >= 0.6 is 7.72 Å². The maximum absolute atomic E-state index is 10.9. The molecule has 6 heteroatoms. The standard InChI is InChI=1S/C16H21O5P/c1-12(16(17)18)7-8-14-15(9-10-21-14)22(19,20)11-13-5-3-2-4-6-13/h2-6,12,19-20H,7-11H2,1H3/p+1. The van der Waals surface area contributed by atoms with Crippen LogP contribution in [-0.2, 0) is 15.7 Å². The van der Waals surface area contributed by atoms with E-state index in [1.807, 2.05) is 30.3 Å². The Kier molecular flexibility index (Phi) is 5.57. The molecule has 1 aromatic rings. The van der Waals surface area contributed by atoms with Crippen LogP contribution in [-0.4, -0.2) is 27.5 Å². The van der Waals surface area contributed by atoms with Crippen molar-refractivity contribution in [2.75, 3.05) is 6.61 Å². The van der Waals surface area contributed by atoms with Gasteiger partial charge in [-0.3, -0.25) is 4.79 Å². The molecule has 1 atom stereocenters. The molecule has 0 saturated heterocycles. The summed E-state index contributed by atoms with van der Waals surface area (Å²) in [7, 11) is -3.24. The molecule has 1 aliphatic rings. The van der Waals surface area contributed by atoms with Crippen molar-refractivity contribution in [3.63, 3.8) is 0 Å². The van der Waals surface area contributed by atoms with Gasteiger partial charge in [0.15, 0.2) is 5.31 Å². The molecule has 0 fully saturated rings. The van der Waals surface area contributed by atoms with Crippen molar-refractivity contribution in [1.29, 1.82) is 0 Å². The van der Waals surface area contributed by atoms with E-state index in [-0.39, 0.29) is 6.16 Å². The van der Waals surface area contributed by atoms with E-state index in [2.05, 4.69) is 0 Å². The van der Waals surface area contributed by atoms with Gasteiger partial charge in [0.1, 0.15) is 11.9 Å². The van der Waals surface area contributed by atoms with Crippen molar-refractivity contribution in [2.45, 2.75) is 32.3 Å². The first kappa shape index (κ1) is 16.9. The Bertz CT molecular complexity index is 553. The molecular weight excluding hydrogens is 303 g/mol. The third-order valence-electron chi connectivity index (χ3n) is 3.84. The van der Waals surface area contributed by atoms with Gasteiger partial charge in [-0.25, -0.2) is 9.79 Å². The van der Waals surface area contributed by atoms with Crippen molar-refractivity contribution >= 4 is 13.7 Å². The van der Waals surface area contributed by atoms with E-state index in [9.17, 15) is 14.6 Å². The Morgan fingerprint density at radius 1 is 1.32 bits per heavy atom. The van der Waals surface area contributed by atoms with E-state index in [4.69, 9.17) is 9.84 Å². The highest BCUT2D eigenvalue weighted by Crippen LogP contribution is 2.64. The zero-order valence-corrected chi connectivity index (χ0v) is 13.5. The van der Waals surface area contributed by atoms with Gasteiger partial charge in [-0.05, 0) is 12.0 Å². The first-order valence-electron chi connectivity index (χ1n) is 7.36. The second-order valence-corrected chi connectivity index (χ2v) is 7.94. The molecule has 3 N–H and O–H groups in total. The SMILES string of the molecule is CC(CCC1=C([P+](O)(O)Cc2ccccc2)CCO1)C(=O)O. The molecule has 0 aromatic heterocycles. The molecule has 1 aliphatic heterocycles. The Balaban J connectivity index is 2.09. The summed E-state index contributed by atoms with van der Waals surface area (Å²) in [5.74, 6) is -0.752. The quantitative estimate of drug-likeness (QED) is 0.670. The first-order valence-corrected chi connectivity index (χ1v) is 9.24. The minimum absolute atomic E-state index is 0.199. The molecule has 0 amide bonds. The lowest BCUT2D eigenvalue weighted by atomic mass is 10.1. The summed E-state index contributed by atoms with van der Waals surface area (Å²) in [6.07, 6.45) is 1.56. The molecule has 0 bridgehead atoms. The van der Waals surface area contributed by atoms with Crippen molar-refractivity contribution in [1.82, 2.24) is 0 Å². The number of hydrogen-bond acceptors (Lipinski definition) is 4. The van der Waals surface area contributed by atoms with E-state index in [0.29, 0.717) is 36.9 Å². The van der Waals surface area contributed by atoms with Crippen molar-refractivity contribution in [3.8, 4) is 0 Å². The Hall–Kier alpha value is -1.42. The fourth-order valence-electron chi connectivity index (χ4n) is 2.49. The van der Waals surface area contributed by atoms with Crippen LogP contribution in [0.25, 0.3) is 0 Å². The summed E-state index contributed by atoms with van der Waals surface area (Å²) in [4.78, 5) is 31.9. The van der Waals surface area contributed by atoms with Gasteiger partial charge < -0.3 is 9.84 Å². The maximum atomic E-state index is 10.9. The van der Waals surface area contributed by atoms with Crippen LogP contribution in [0.1, 0.15) is 31.7 Å². The Morgan fingerprint density at radius 2 is 2.00 bits per heavy atom. The molecule has 2 rings (SSSR count). The molecule has 120 valence electrons. The Morgan fingerprint density at radius 3 is 2.64 bits per heavy atom. The van der Waals surface area contributed by atoms with Crippen LogP contribution < -0.4 is 0 Å². The predicted molar refractivity (Wildman–Crippen MR) is 85.1 cm³/mol. The van der Waals surface area contributed by atoms with Crippen LogP contribution in [0.2, 0.25) is 0 Å². The van der Waals surface area contributed by atoms with Gasteiger partial charge in [0, 0.05) is 12.8 Å². The fourth-order valence-corrected chi connectivity index (χ4v) is 4.43. The van der Waals surface area contributed by atoms with Crippen LogP contribution in [0.15, 0.2) is 41.4 Å². The number of ether oxygens (including phenoxy) is 1. The van der Waals surface area contributed by atoms with Crippen molar-refractivity contribution < 1.29 is 24.4 Å². The van der Waals surface area contributed by atoms with E-state index < -0.39 is 19.6 Å². The highest BCUT2D eigenvalue weighted by atomic mass is 31.2. The lowest BCUT2D eigenvalue weighted by Crippen LogP contribution is -2.09. The lowest BCUT2D eigenvalue weighted by molar-refractivity contribution is -0.141. The van der Waals surface area contributed by atoms with Crippen LogP contribution in [0.4, 0.5) is 0 Å². The molecular formula is C16H22O5P+. The number of aliphatic carboxylic acids is 1. The van der Waals surface area contributed by atoms with E-state index in [1.54, 1.807) is 6.92 Å². The average molecular weight is 325 g/mol. The summed E-state index contributed by atoms with van der Waals surface area (Å²) in [6.45, 7) is 2.07. The number of hydrogen-bond donors (Lipinski definition) is 3. The molecule has 0 aliphatic carbocycles. The summed E-state index contributed by atoms with van der Waals surface area (Å²) < 4.78 is 5.51. The van der Waals surface area contributed by atoms with E-state index >= 15 is 0 Å². The molecule has 1 heterocycles. The van der Waals surface area contributed by atoms with Crippen molar-refractivity contribution in [2.24, 2.45) is 5.92 Å². The van der Waals surface area contributed by atoms with Crippen LogP contribution in [0, 0.1) is 5.92 Å². The predicted octanol–water partition coefficient (Wildman–Crippen LogP) is 3.15. The zero-order chi connectivity index (χ0) is 16.2. The summed E-state index contributed by atoms with van der Waals surface area (Å²) in [5, 5.41) is 9.51. The van der Waals surface area contributed by atoms with Gasteiger partial charge in [0.2, 0.25) is 0 Å². The van der Waals surface area contributed by atoms with Crippen molar-refractivity contribution in [3.05, 3.63) is 47.0 Å². The topological polar surface area (TPSA) is 87.0 Å². The highest BCUT2D eigenvalue weighted by Gasteiger charge is 2.44. The number of carboxylic acid groups (broad SMARTS) is 1. The largest absolute Gasteiger partial charge is 0.493 e. The smallest absolute Gasteiger partial charge is 0.306 e. The summed E-state index contributed by atoms with van der Waals surface area (Å²) >= 11 is 0. The van der Waals surface area contributed by atoms with Crippen LogP contribution in [0.5, 0.6) is 0 Å². The van der Waals surface area contributed by atoms with Gasteiger partial charge in [-0.1, -0.05) is 37.3 Å². The van der Waals surface area contributed by atoms with E-state index in [1.165, 1.54) is 0 Å². The summed E-state index contributed by atoms with van der Waals surface area (Å²) in [6, 6.07) is 9.34. The zero-order valence-electron chi connectivity index (χ0n) is 12.6. The molecule has 0 saturated carbocycles. The number of benzene rings is 1. The summed E-state index contributed by atoms with van der Waals surface area (Å²) in [5.41, 5.74) is 0.874. The normalized spacial score (nSPS) is 16.5. The molecule has 22 heavy (non-hydrogen) atoms. The Labute approximate surface area is 130 Å². The number of rotatable bonds is 7. The number of carbonyl (C=O) groups is 1. The first-order chi connectivity index (χ1) is 10.4. The molecule has 1 aromatic carbocycles. The number of allylic oxidation sites excluding steroid dienone is 1.